The average Bonchev–Trinajstić information content (AvgIpc) is 2.55. The Morgan fingerprint density at radius 1 is 1.42 bits per heavy atom. The highest BCUT2D eigenvalue weighted by molar-refractivity contribution is 6.30. The summed E-state index contributed by atoms with van der Waals surface area (Å²) >= 11 is 5.99. The number of amides is 1. The van der Waals surface area contributed by atoms with Crippen molar-refractivity contribution in [3.63, 3.8) is 0 Å². The molecule has 1 aromatic carbocycles. The molecular formula is C16H26Cl3N3O2. The number of nitrogens with zero attached hydrogens (tertiary/aromatic N) is 1. The molecule has 1 atom stereocenters. The van der Waals surface area contributed by atoms with E-state index in [1.54, 1.807) is 19.2 Å². The van der Waals surface area contributed by atoms with Crippen LogP contribution in [0.4, 0.5) is 5.69 Å². The van der Waals surface area contributed by atoms with Crippen LogP contribution in [0, 0.1) is 0 Å². The Morgan fingerprint density at radius 3 is 2.83 bits per heavy atom. The summed E-state index contributed by atoms with van der Waals surface area (Å²) in [5.74, 6) is 0.873. The van der Waals surface area contributed by atoms with Gasteiger partial charge in [-0.1, -0.05) is 11.6 Å². The molecule has 1 amide bonds. The van der Waals surface area contributed by atoms with Gasteiger partial charge in [0.2, 0.25) is 5.91 Å². The first-order valence-electron chi connectivity index (χ1n) is 7.72. The maximum atomic E-state index is 12.4. The number of methoxy groups -OCH3 is 1. The monoisotopic (exact) mass is 397 g/mol. The Morgan fingerprint density at radius 2 is 2.17 bits per heavy atom. The lowest BCUT2D eigenvalue weighted by Gasteiger charge is -2.35. The molecule has 0 spiro atoms. The van der Waals surface area contributed by atoms with Gasteiger partial charge in [-0.25, -0.2) is 0 Å². The van der Waals surface area contributed by atoms with Crippen LogP contribution in [0.15, 0.2) is 18.2 Å². The predicted octanol–water partition coefficient (Wildman–Crippen LogP) is 3.33. The maximum absolute atomic E-state index is 12.4. The normalized spacial score (nSPS) is 16.6. The fraction of sp³-hybridized carbons (Fsp3) is 0.562. The summed E-state index contributed by atoms with van der Waals surface area (Å²) < 4.78 is 5.28. The van der Waals surface area contributed by atoms with Crippen LogP contribution in [0.5, 0.6) is 5.75 Å². The highest BCUT2D eigenvalue weighted by atomic mass is 35.5. The van der Waals surface area contributed by atoms with Gasteiger partial charge in [-0.3, -0.25) is 4.79 Å². The van der Waals surface area contributed by atoms with E-state index in [9.17, 15) is 4.79 Å². The summed E-state index contributed by atoms with van der Waals surface area (Å²) in [7, 11) is 1.61. The lowest BCUT2D eigenvalue weighted by atomic mass is 10.0. The molecule has 1 unspecified atom stereocenters. The van der Waals surface area contributed by atoms with Crippen LogP contribution in [0.3, 0.4) is 0 Å². The average molecular weight is 399 g/mol. The smallest absolute Gasteiger partial charge is 0.224 e. The van der Waals surface area contributed by atoms with Gasteiger partial charge in [-0.2, -0.15) is 0 Å². The van der Waals surface area contributed by atoms with Gasteiger partial charge in [0, 0.05) is 37.1 Å². The van der Waals surface area contributed by atoms with Crippen LogP contribution < -0.4 is 15.8 Å². The van der Waals surface area contributed by atoms with Gasteiger partial charge in [0.1, 0.15) is 5.75 Å². The van der Waals surface area contributed by atoms with E-state index in [2.05, 4.69) is 5.32 Å². The Hall–Kier alpha value is -0.880. The Balaban J connectivity index is 0.00000264. The van der Waals surface area contributed by atoms with Gasteiger partial charge in [0.05, 0.1) is 12.8 Å². The van der Waals surface area contributed by atoms with E-state index in [-0.39, 0.29) is 36.8 Å². The van der Waals surface area contributed by atoms with Crippen LogP contribution in [-0.4, -0.2) is 43.6 Å². The third-order valence-electron chi connectivity index (χ3n) is 4.04. The second-order valence-electron chi connectivity index (χ2n) is 5.49. The van der Waals surface area contributed by atoms with E-state index >= 15 is 0 Å². The molecule has 1 heterocycles. The maximum Gasteiger partial charge on any atom is 0.224 e. The van der Waals surface area contributed by atoms with E-state index in [1.807, 2.05) is 11.0 Å². The molecule has 5 nitrogen and oxygen atoms in total. The number of hydrogen-bond acceptors (Lipinski definition) is 4. The molecule has 0 bridgehead atoms. The lowest BCUT2D eigenvalue weighted by Crippen LogP contribution is -2.47. The highest BCUT2D eigenvalue weighted by Crippen LogP contribution is 2.27. The SMILES string of the molecule is COc1ccc(Cl)cc1NCCC(=O)N1CCCCC1CN.Cl.Cl. The zero-order chi connectivity index (χ0) is 15.9. The van der Waals surface area contributed by atoms with E-state index in [4.69, 9.17) is 22.1 Å². The van der Waals surface area contributed by atoms with Gasteiger partial charge in [0.15, 0.2) is 0 Å². The van der Waals surface area contributed by atoms with Crippen LogP contribution >= 0.6 is 36.4 Å². The molecule has 1 aliphatic rings. The fourth-order valence-electron chi connectivity index (χ4n) is 2.84. The molecule has 1 saturated heterocycles. The van der Waals surface area contributed by atoms with Crippen LogP contribution in [0.1, 0.15) is 25.7 Å². The summed E-state index contributed by atoms with van der Waals surface area (Å²) in [6.45, 7) is 1.91. The van der Waals surface area contributed by atoms with Crippen molar-refractivity contribution >= 4 is 48.0 Å². The van der Waals surface area contributed by atoms with Gasteiger partial charge >= 0.3 is 0 Å². The quantitative estimate of drug-likeness (QED) is 0.771. The van der Waals surface area contributed by atoms with Crippen molar-refractivity contribution in [3.05, 3.63) is 23.2 Å². The second-order valence-corrected chi connectivity index (χ2v) is 5.93. The molecule has 24 heavy (non-hydrogen) atoms. The Kier molecular flexibility index (Phi) is 11.2. The lowest BCUT2D eigenvalue weighted by molar-refractivity contribution is -0.134. The van der Waals surface area contributed by atoms with Crippen molar-refractivity contribution < 1.29 is 9.53 Å². The topological polar surface area (TPSA) is 67.6 Å². The number of likely N-dealkylation sites (tertiary alicyclic amines) is 1. The molecule has 3 N–H and O–H groups in total. The molecule has 1 aliphatic heterocycles. The molecule has 8 heteroatoms. The predicted molar refractivity (Wildman–Crippen MR) is 104 cm³/mol. The fourth-order valence-corrected chi connectivity index (χ4v) is 3.01. The number of piperidine rings is 1. The number of anilines is 1. The van der Waals surface area contributed by atoms with Crippen molar-refractivity contribution in [2.24, 2.45) is 5.73 Å². The minimum absolute atomic E-state index is 0. The zero-order valence-corrected chi connectivity index (χ0v) is 16.2. The van der Waals surface area contributed by atoms with Crippen LogP contribution in [0.25, 0.3) is 0 Å². The van der Waals surface area contributed by atoms with E-state index in [1.165, 1.54) is 0 Å². The van der Waals surface area contributed by atoms with Gasteiger partial charge in [-0.05, 0) is 37.5 Å². The number of ether oxygens (including phenoxy) is 1. The molecular weight excluding hydrogens is 373 g/mol. The first-order valence-corrected chi connectivity index (χ1v) is 8.10. The van der Waals surface area contributed by atoms with E-state index in [0.29, 0.717) is 24.5 Å². The highest BCUT2D eigenvalue weighted by Gasteiger charge is 2.24. The van der Waals surface area contributed by atoms with E-state index < -0.39 is 0 Å². The molecule has 0 aromatic heterocycles. The number of carbonyl (C=O) groups excluding carboxylic acids is 1. The number of rotatable bonds is 6. The van der Waals surface area contributed by atoms with Crippen molar-refractivity contribution in [1.29, 1.82) is 0 Å². The molecule has 1 fully saturated rings. The Labute approximate surface area is 161 Å². The number of halogens is 3. The summed E-state index contributed by atoms with van der Waals surface area (Å²) in [6.07, 6.45) is 3.67. The molecule has 0 saturated carbocycles. The molecule has 138 valence electrons. The van der Waals surface area contributed by atoms with Crippen molar-refractivity contribution in [2.45, 2.75) is 31.7 Å². The number of nitrogens with two attached hydrogens (primary N) is 1. The van der Waals surface area contributed by atoms with Crippen molar-refractivity contribution in [1.82, 2.24) is 4.90 Å². The Bertz CT molecular complexity index is 517. The summed E-state index contributed by atoms with van der Waals surface area (Å²) in [4.78, 5) is 14.3. The molecule has 0 radical (unpaired) electrons. The van der Waals surface area contributed by atoms with Crippen LogP contribution in [-0.2, 0) is 4.79 Å². The molecule has 0 aliphatic carbocycles. The van der Waals surface area contributed by atoms with Gasteiger partial charge < -0.3 is 20.7 Å². The van der Waals surface area contributed by atoms with Gasteiger partial charge in [-0.15, -0.1) is 24.8 Å². The molecule has 2 rings (SSSR count). The van der Waals surface area contributed by atoms with Crippen molar-refractivity contribution in [2.75, 3.05) is 32.1 Å². The second kappa shape index (κ2) is 11.6. The number of benzene rings is 1. The third-order valence-corrected chi connectivity index (χ3v) is 4.27. The van der Waals surface area contributed by atoms with E-state index in [0.717, 1.165) is 37.2 Å². The minimum atomic E-state index is 0. The third kappa shape index (κ3) is 6.20. The molecule has 1 aromatic rings. The number of nitrogens with one attached hydrogen (secondary N) is 1. The summed E-state index contributed by atoms with van der Waals surface area (Å²) in [5, 5.41) is 3.85. The zero-order valence-electron chi connectivity index (χ0n) is 13.8. The first-order chi connectivity index (χ1) is 10.7. The number of carbonyl (C=O) groups is 1. The van der Waals surface area contributed by atoms with Crippen molar-refractivity contribution in [3.8, 4) is 5.75 Å². The minimum Gasteiger partial charge on any atom is -0.495 e. The largest absolute Gasteiger partial charge is 0.495 e. The van der Waals surface area contributed by atoms with Crippen LogP contribution in [0.2, 0.25) is 5.02 Å². The summed E-state index contributed by atoms with van der Waals surface area (Å²) in [6, 6.07) is 5.58. The number of hydrogen-bond donors (Lipinski definition) is 2. The standard InChI is InChI=1S/C16H24ClN3O2.2ClH/c1-22-15-6-5-12(17)10-14(15)19-8-7-16(21)20-9-3-2-4-13(20)11-18;;/h5-6,10,13,19H,2-4,7-9,11,18H2,1H3;2*1H. The van der Waals surface area contributed by atoms with Gasteiger partial charge in [0.25, 0.3) is 0 Å². The first kappa shape index (κ1) is 23.1. The summed E-state index contributed by atoms with van der Waals surface area (Å²) in [5.41, 5.74) is 6.57.